The Morgan fingerprint density at radius 3 is 1.47 bits per heavy atom. The summed E-state index contributed by atoms with van der Waals surface area (Å²) >= 11 is 0.934. The van der Waals surface area contributed by atoms with Crippen molar-refractivity contribution in [3.8, 4) is 27.7 Å². The molecule has 0 unspecified atom stereocenters. The van der Waals surface area contributed by atoms with Crippen LogP contribution in [0.2, 0.25) is 26.6 Å². The summed E-state index contributed by atoms with van der Waals surface area (Å²) in [4.78, 5) is 0. The molecule has 4 aromatic carbocycles. The van der Waals surface area contributed by atoms with Gasteiger partial charge in [0.2, 0.25) is 0 Å². The van der Waals surface area contributed by atoms with Crippen LogP contribution in [0.1, 0.15) is 135 Å². The molecule has 0 fully saturated rings. The summed E-state index contributed by atoms with van der Waals surface area (Å²) in [6, 6.07) is 42.5. The normalized spacial score (nSPS) is 10.7. The second-order valence-electron chi connectivity index (χ2n) is 16.7. The number of hydrogen-bond acceptors (Lipinski definition) is 7. The first-order valence-electron chi connectivity index (χ1n) is 24.5. The zero-order chi connectivity index (χ0) is 49.3. The van der Waals surface area contributed by atoms with Gasteiger partial charge in [0, 0.05) is 10.6 Å². The molecule has 1 aromatic heterocycles. The third kappa shape index (κ3) is 27.5. The maximum atomic E-state index is 9.61. The fourth-order valence-corrected chi connectivity index (χ4v) is 34.8. The van der Waals surface area contributed by atoms with Crippen molar-refractivity contribution >= 4 is 63.5 Å². The molecule has 12 heteroatoms. The summed E-state index contributed by atoms with van der Waals surface area (Å²) in [5, 5.41) is 38.7. The molecule has 8 nitrogen and oxygen atoms in total. The fourth-order valence-electron chi connectivity index (χ4n) is 7.50. The van der Waals surface area contributed by atoms with E-state index in [1.807, 2.05) is 66.7 Å². The number of halogens is 1. The van der Waals surface area contributed by atoms with E-state index in [0.29, 0.717) is 11.1 Å². The number of benzene rings is 4. The number of terminal acetylenes is 1. The van der Waals surface area contributed by atoms with Crippen molar-refractivity contribution in [3.63, 3.8) is 0 Å². The van der Waals surface area contributed by atoms with E-state index in [0.717, 1.165) is 11.3 Å². The van der Waals surface area contributed by atoms with E-state index in [1.54, 1.807) is 24.3 Å². The molecule has 0 aliphatic carbocycles. The van der Waals surface area contributed by atoms with Crippen molar-refractivity contribution in [2.45, 2.75) is 145 Å². The van der Waals surface area contributed by atoms with Crippen LogP contribution < -0.4 is 3.78 Å². The standard InChI is InChI=1S/C9H6NO.C7H6ClNO.C7H7NO.C7H5NO.6C4H9.C2H.Cu.2Sn/c1-2-4-8(5-3-1)9-6-7-11-10-9;8-7(9-10)6-4-2-1-3-5-6;2*9-8-6-7-4-2-1-3-5-7;6*1-3-4-2;1-2;;;/h1-6H;1-5,10H;1-6,9H;1-5H;6*1,3-4H2,2H3;1H;;;/q;;;;;;;;;;;+1;;/b;9-7-;8-6+;;;;;;;;;;;. The Morgan fingerprint density at radius 1 is 0.662 bits per heavy atom. The third-order valence-corrected chi connectivity index (χ3v) is 39.7. The van der Waals surface area contributed by atoms with Crippen LogP contribution in [0, 0.1) is 21.6 Å². The van der Waals surface area contributed by atoms with E-state index in [1.165, 1.54) is 119 Å². The number of rotatable bonds is 22. The van der Waals surface area contributed by atoms with E-state index < -0.39 is 36.8 Å². The molecule has 0 atom stereocenters. The Morgan fingerprint density at radius 2 is 1.07 bits per heavy atom. The minimum absolute atomic E-state index is 0. The maximum Gasteiger partial charge on any atom is 1.00 e. The van der Waals surface area contributed by atoms with Crippen molar-refractivity contribution in [1.82, 2.24) is 5.16 Å². The molecule has 0 aliphatic heterocycles. The molecule has 1 heterocycles. The van der Waals surface area contributed by atoms with Crippen LogP contribution in [0.4, 0.5) is 0 Å². The van der Waals surface area contributed by atoms with E-state index in [4.69, 9.17) is 33.0 Å². The van der Waals surface area contributed by atoms with Crippen LogP contribution in [0.3, 0.4) is 0 Å². The molecule has 0 radical (unpaired) electrons. The number of unbranched alkanes of at least 4 members (excludes halogenated alkanes) is 6. The molecular formula is C56H79ClCuN4O4Sn2+. The van der Waals surface area contributed by atoms with Gasteiger partial charge in [-0.1, -0.05) is 101 Å². The average molecular weight is 1210 g/mol. The Kier molecular flexibility index (Phi) is 39.9. The molecule has 0 saturated carbocycles. The summed E-state index contributed by atoms with van der Waals surface area (Å²) in [5.74, 6) is 0. The molecule has 0 spiro atoms. The van der Waals surface area contributed by atoms with Gasteiger partial charge in [0.25, 0.3) is 0 Å². The summed E-state index contributed by atoms with van der Waals surface area (Å²) in [7, 11) is 0. The van der Waals surface area contributed by atoms with Crippen molar-refractivity contribution < 1.29 is 32.0 Å². The summed E-state index contributed by atoms with van der Waals surface area (Å²) in [5.41, 5.74) is 4.53. The second-order valence-corrected chi connectivity index (χ2v) is 42.5. The van der Waals surface area contributed by atoms with Crippen molar-refractivity contribution in [3.05, 3.63) is 154 Å². The van der Waals surface area contributed by atoms with Crippen LogP contribution in [0.5, 0.6) is 0 Å². The number of nitrogens with zero attached hydrogens (tertiary/aromatic N) is 4. The van der Waals surface area contributed by atoms with Gasteiger partial charge in [-0.3, -0.25) is 0 Å². The molecule has 0 bridgehead atoms. The molecule has 2 N–H and O–H groups in total. The number of aromatic nitrogens is 1. The van der Waals surface area contributed by atoms with E-state index in [-0.39, 0.29) is 22.2 Å². The van der Waals surface area contributed by atoms with Gasteiger partial charge in [0.1, 0.15) is 5.56 Å². The zero-order valence-electron chi connectivity index (χ0n) is 41.7. The van der Waals surface area contributed by atoms with Crippen molar-refractivity contribution in [2.24, 2.45) is 10.3 Å². The monoisotopic (exact) mass is 1210 g/mol. The van der Waals surface area contributed by atoms with E-state index >= 15 is 0 Å². The molecular weight excluding hydrogens is 1130 g/mol. The molecule has 0 aliphatic rings. The predicted octanol–water partition coefficient (Wildman–Crippen LogP) is 16.8. The maximum absolute atomic E-state index is 9.61. The summed E-state index contributed by atoms with van der Waals surface area (Å²) < 4.78 is 19.3. The summed E-state index contributed by atoms with van der Waals surface area (Å²) in [6.45, 7) is 13.8. The van der Waals surface area contributed by atoms with Gasteiger partial charge in [-0.2, -0.15) is 0 Å². The van der Waals surface area contributed by atoms with Crippen LogP contribution in [0.25, 0.3) is 16.3 Å². The van der Waals surface area contributed by atoms with E-state index in [2.05, 4.69) is 108 Å². The molecule has 0 amide bonds. The smallest absolute Gasteiger partial charge is 0.498 e. The van der Waals surface area contributed by atoms with Crippen LogP contribution in [-0.4, -0.2) is 63.7 Å². The number of hydrogen-bond donors (Lipinski definition) is 2. The predicted molar refractivity (Wildman–Crippen MR) is 293 cm³/mol. The van der Waals surface area contributed by atoms with Gasteiger partial charge in [0.15, 0.2) is 5.17 Å². The fraction of sp³-hybridized carbons (Fsp3) is 0.429. The Balaban J connectivity index is 0.000000878. The van der Waals surface area contributed by atoms with Crippen LogP contribution in [0.15, 0.2) is 142 Å². The van der Waals surface area contributed by atoms with Crippen LogP contribution >= 0.6 is 11.6 Å². The Bertz CT molecular complexity index is 2070. The van der Waals surface area contributed by atoms with Gasteiger partial charge in [-0.15, -0.1) is 0 Å². The first-order chi connectivity index (χ1) is 32.7. The molecule has 5 aromatic rings. The minimum atomic E-state index is -2.47. The molecule has 5 rings (SSSR count). The molecule has 0 saturated heterocycles. The first-order valence-corrected chi connectivity index (χ1v) is 39.8. The zero-order valence-corrected chi connectivity index (χ0v) is 49.1. The van der Waals surface area contributed by atoms with Crippen LogP contribution in [-0.2, 0) is 17.1 Å². The van der Waals surface area contributed by atoms with Crippen molar-refractivity contribution in [2.75, 3.05) is 0 Å². The third-order valence-electron chi connectivity index (χ3n) is 11.5. The van der Waals surface area contributed by atoms with Gasteiger partial charge >= 0.3 is 277 Å². The molecule has 372 valence electrons. The van der Waals surface area contributed by atoms with E-state index in [9.17, 15) is 5.21 Å². The average Bonchev–Trinajstić information content (AvgIpc) is 3.90. The van der Waals surface area contributed by atoms with Gasteiger partial charge < -0.3 is 15.6 Å². The largest absolute Gasteiger partial charge is 1.00 e. The van der Waals surface area contributed by atoms with Gasteiger partial charge in [-0.25, -0.2) is 0 Å². The Hall–Kier alpha value is -3.71. The topological polar surface area (TPSA) is 119 Å². The quantitative estimate of drug-likeness (QED) is 0.0235. The SMILES string of the molecule is C#[C][Sn]([CH2]CCC)([CH2]CCC)[CH2]CCC.CCC[CH2][Sn]([CH2]CCC)([CH2]CCC)[c]1cc(-c2ccccc2)no1.O/N=C(\Cl)c1ccccc1.O/N=C/c1ccccc1.[Cu+].[O-][N+]#Cc1ccccc1. The van der Waals surface area contributed by atoms with Gasteiger partial charge in [-0.05, 0) is 17.7 Å². The van der Waals surface area contributed by atoms with Gasteiger partial charge in [0.05, 0.1) is 6.21 Å². The van der Waals surface area contributed by atoms with Crippen molar-refractivity contribution in [1.29, 1.82) is 0 Å². The molecule has 68 heavy (non-hydrogen) atoms. The number of oxime groups is 2. The first kappa shape index (κ1) is 64.3. The Labute approximate surface area is 434 Å². The second kappa shape index (κ2) is 42.2. The minimum Gasteiger partial charge on any atom is -0.498 e. The summed E-state index contributed by atoms with van der Waals surface area (Å²) in [6.07, 6.45) is 23.3.